The summed E-state index contributed by atoms with van der Waals surface area (Å²) in [6.07, 6.45) is -0.0303. The number of nitrogens with zero attached hydrogens (tertiary/aromatic N) is 2. The number of hydrogen-bond donors (Lipinski definition) is 1. The smallest absolute Gasteiger partial charge is 0.341 e. The Bertz CT molecular complexity index is 882. The summed E-state index contributed by atoms with van der Waals surface area (Å²) in [5.41, 5.74) is -1.73. The second kappa shape index (κ2) is 4.38. The van der Waals surface area contributed by atoms with Gasteiger partial charge in [-0.15, -0.1) is 0 Å². The van der Waals surface area contributed by atoms with Crippen LogP contribution in [0.2, 0.25) is 0 Å². The zero-order valence-corrected chi connectivity index (χ0v) is 10.4. The quantitative estimate of drug-likeness (QED) is 0.913. The molecule has 2 atom stereocenters. The second-order valence-corrected chi connectivity index (χ2v) is 4.77. The van der Waals surface area contributed by atoms with Crippen LogP contribution >= 0.6 is 0 Å². The number of carboxylic acids is 1. The Balaban J connectivity index is 2.49. The van der Waals surface area contributed by atoms with E-state index in [0.717, 1.165) is 12.3 Å². The third kappa shape index (κ3) is 1.96. The highest BCUT2D eigenvalue weighted by atomic mass is 19.1. The Hall–Kier alpha value is -2.75. The van der Waals surface area contributed by atoms with E-state index in [9.17, 15) is 18.4 Å². The molecule has 1 aromatic heterocycles. The molecule has 3 rings (SSSR count). The van der Waals surface area contributed by atoms with E-state index in [1.165, 1.54) is 4.57 Å². The molecule has 105 valence electrons. The maximum absolute atomic E-state index is 13.4. The topological polar surface area (TPSA) is 83.1 Å². The van der Waals surface area contributed by atoms with Gasteiger partial charge in [0.2, 0.25) is 5.43 Å². The molecule has 0 unspecified atom stereocenters. The fourth-order valence-electron chi connectivity index (χ4n) is 2.33. The first-order valence-corrected chi connectivity index (χ1v) is 6.02. The Labute approximate surface area is 116 Å². The molecule has 0 amide bonds. The normalized spacial score (nSPS) is 20.2. The highest BCUT2D eigenvalue weighted by molar-refractivity contribution is 5.94. The van der Waals surface area contributed by atoms with Gasteiger partial charge in [-0.1, -0.05) is 0 Å². The third-order valence-corrected chi connectivity index (χ3v) is 3.40. The number of alkyl halides is 1. The van der Waals surface area contributed by atoms with E-state index in [2.05, 4.69) is 6.07 Å². The van der Waals surface area contributed by atoms with Crippen LogP contribution in [-0.2, 0) is 0 Å². The van der Waals surface area contributed by atoms with E-state index in [1.54, 1.807) is 6.07 Å². The van der Waals surface area contributed by atoms with Crippen molar-refractivity contribution in [3.63, 3.8) is 0 Å². The van der Waals surface area contributed by atoms with E-state index in [1.807, 2.05) is 0 Å². The number of pyridine rings is 1. The minimum absolute atomic E-state index is 0.0130. The van der Waals surface area contributed by atoms with Gasteiger partial charge in [-0.2, -0.15) is 5.26 Å². The maximum atomic E-state index is 13.4. The van der Waals surface area contributed by atoms with Gasteiger partial charge in [-0.05, 0) is 6.07 Å². The first kappa shape index (κ1) is 13.2. The predicted molar refractivity (Wildman–Crippen MR) is 67.2 cm³/mol. The molecule has 1 heterocycles. The van der Waals surface area contributed by atoms with E-state index in [4.69, 9.17) is 10.4 Å². The zero-order chi connectivity index (χ0) is 15.3. The van der Waals surface area contributed by atoms with Gasteiger partial charge in [0.05, 0.1) is 22.5 Å². The van der Waals surface area contributed by atoms with Crippen LogP contribution in [0.3, 0.4) is 0 Å². The molecule has 1 aromatic carbocycles. The highest BCUT2D eigenvalue weighted by Crippen LogP contribution is 2.41. The zero-order valence-electron chi connectivity index (χ0n) is 10.4. The van der Waals surface area contributed by atoms with Crippen LogP contribution in [0, 0.1) is 23.2 Å². The van der Waals surface area contributed by atoms with Crippen molar-refractivity contribution in [2.45, 2.75) is 18.6 Å². The van der Waals surface area contributed by atoms with Gasteiger partial charge in [-0.25, -0.2) is 13.6 Å². The maximum Gasteiger partial charge on any atom is 0.341 e. The van der Waals surface area contributed by atoms with Crippen LogP contribution in [0.15, 0.2) is 17.1 Å². The number of rotatable bonds is 2. The summed E-state index contributed by atoms with van der Waals surface area (Å²) in [7, 11) is 0. The second-order valence-electron chi connectivity index (χ2n) is 4.77. The van der Waals surface area contributed by atoms with E-state index < -0.39 is 35.0 Å². The summed E-state index contributed by atoms with van der Waals surface area (Å²) in [6, 6.07) is 4.02. The summed E-state index contributed by atoms with van der Waals surface area (Å²) >= 11 is 0. The molecule has 0 spiro atoms. The van der Waals surface area contributed by atoms with Crippen LogP contribution in [0.1, 0.15) is 28.4 Å². The van der Waals surface area contributed by atoms with Crippen molar-refractivity contribution in [2.75, 3.05) is 0 Å². The molecular formula is C14H7F2N2O3. The minimum atomic E-state index is -1.49. The van der Waals surface area contributed by atoms with Crippen molar-refractivity contribution in [1.82, 2.24) is 4.57 Å². The summed E-state index contributed by atoms with van der Waals surface area (Å²) in [5.74, 6) is -2.43. The molecule has 0 bridgehead atoms. The van der Waals surface area contributed by atoms with Crippen molar-refractivity contribution in [3.05, 3.63) is 45.5 Å². The molecule has 1 aliphatic rings. The highest BCUT2D eigenvalue weighted by Gasteiger charge is 2.40. The van der Waals surface area contributed by atoms with Crippen LogP contribution in [0.4, 0.5) is 8.78 Å². The fourth-order valence-corrected chi connectivity index (χ4v) is 2.33. The Kier molecular flexibility index (Phi) is 2.76. The van der Waals surface area contributed by atoms with Gasteiger partial charge in [0.15, 0.2) is 0 Å². The monoisotopic (exact) mass is 289 g/mol. The lowest BCUT2D eigenvalue weighted by Crippen LogP contribution is -2.20. The lowest BCUT2D eigenvalue weighted by molar-refractivity contribution is 0.0694. The number of carbonyl (C=O) groups is 1. The van der Waals surface area contributed by atoms with Crippen molar-refractivity contribution in [2.24, 2.45) is 0 Å². The fraction of sp³-hybridized carbons (Fsp3) is 0.214. The number of carboxylic acid groups (broad SMARTS) is 1. The molecular weight excluding hydrogens is 282 g/mol. The van der Waals surface area contributed by atoms with Gasteiger partial charge >= 0.3 is 5.97 Å². The van der Waals surface area contributed by atoms with Crippen LogP contribution in [0.25, 0.3) is 10.9 Å². The summed E-state index contributed by atoms with van der Waals surface area (Å²) < 4.78 is 28.0. The molecule has 1 fully saturated rings. The molecule has 1 aliphatic carbocycles. The predicted octanol–water partition coefficient (Wildman–Crippen LogP) is 1.79. The summed E-state index contributed by atoms with van der Waals surface area (Å²) in [5, 5.41) is 17.8. The van der Waals surface area contributed by atoms with Gasteiger partial charge in [0.25, 0.3) is 0 Å². The van der Waals surface area contributed by atoms with Crippen LogP contribution < -0.4 is 5.43 Å². The van der Waals surface area contributed by atoms with Crippen LogP contribution in [0.5, 0.6) is 0 Å². The number of nitriles is 1. The molecule has 0 aliphatic heterocycles. The number of aromatic nitrogens is 1. The molecule has 5 nitrogen and oxygen atoms in total. The summed E-state index contributed by atoms with van der Waals surface area (Å²) in [6.45, 7) is 0. The Morgan fingerprint density at radius 3 is 2.76 bits per heavy atom. The Morgan fingerprint density at radius 2 is 2.24 bits per heavy atom. The number of benzene rings is 1. The molecule has 2 aromatic rings. The van der Waals surface area contributed by atoms with E-state index in [0.29, 0.717) is 0 Å². The average molecular weight is 289 g/mol. The lowest BCUT2D eigenvalue weighted by Gasteiger charge is -2.12. The van der Waals surface area contributed by atoms with Crippen molar-refractivity contribution < 1.29 is 18.7 Å². The average Bonchev–Trinajstić information content (AvgIpc) is 3.15. The molecule has 0 saturated heterocycles. The standard InChI is InChI=1S/C14H7F2N2O3/c15-7-1-6(4-17)12-8(2-7)13(19)9(14(20)21)5-18(12)11-3-10(11)16/h2,5,10-11H,3H2,(H,20,21)/t10-,11+/m0/s1. The molecule has 7 heteroatoms. The minimum Gasteiger partial charge on any atom is -0.477 e. The number of halogens is 2. The van der Waals surface area contributed by atoms with Crippen molar-refractivity contribution >= 4 is 16.9 Å². The largest absolute Gasteiger partial charge is 0.477 e. The molecule has 1 N–H and O–H groups in total. The van der Waals surface area contributed by atoms with Gasteiger partial charge in [-0.3, -0.25) is 4.79 Å². The van der Waals surface area contributed by atoms with E-state index >= 15 is 0 Å². The summed E-state index contributed by atoms with van der Waals surface area (Å²) in [4.78, 5) is 23.2. The van der Waals surface area contributed by atoms with Crippen molar-refractivity contribution in [3.8, 4) is 6.07 Å². The first-order valence-electron chi connectivity index (χ1n) is 6.02. The van der Waals surface area contributed by atoms with Crippen LogP contribution in [-0.4, -0.2) is 21.8 Å². The number of aromatic carboxylic acids is 1. The van der Waals surface area contributed by atoms with Gasteiger partial charge in [0, 0.05) is 18.7 Å². The number of hydrogen-bond acceptors (Lipinski definition) is 3. The first-order chi connectivity index (χ1) is 9.93. The van der Waals surface area contributed by atoms with E-state index in [-0.39, 0.29) is 22.9 Å². The van der Waals surface area contributed by atoms with Gasteiger partial charge in [0.1, 0.15) is 23.6 Å². The molecule has 1 saturated carbocycles. The third-order valence-electron chi connectivity index (χ3n) is 3.40. The number of fused-ring (bicyclic) bond motifs is 1. The molecule has 21 heavy (non-hydrogen) atoms. The van der Waals surface area contributed by atoms with Gasteiger partial charge < -0.3 is 9.67 Å². The SMILES string of the molecule is N#Cc1[c]c(F)cc2c(=O)c(C(=O)O)cn([C@@H]3C[C@@H]3F)c12. The Morgan fingerprint density at radius 1 is 1.57 bits per heavy atom. The van der Waals surface area contributed by atoms with Crippen molar-refractivity contribution in [1.29, 1.82) is 5.26 Å². The lowest BCUT2D eigenvalue weighted by atomic mass is 10.1. The molecule has 1 radical (unpaired) electrons.